The summed E-state index contributed by atoms with van der Waals surface area (Å²) in [5.74, 6) is 0.315. The third-order valence-electron chi connectivity index (χ3n) is 4.18. The van der Waals surface area contributed by atoms with E-state index in [4.69, 9.17) is 5.26 Å². The molecule has 0 amide bonds. The first-order chi connectivity index (χ1) is 10.6. The van der Waals surface area contributed by atoms with Gasteiger partial charge in [0, 0.05) is 19.6 Å². The largest absolute Gasteiger partial charge is 0.507 e. The first-order valence-corrected chi connectivity index (χ1v) is 8.08. The van der Waals surface area contributed by atoms with Gasteiger partial charge in [-0.05, 0) is 69.7 Å². The summed E-state index contributed by atoms with van der Waals surface area (Å²) in [7, 11) is 0. The van der Waals surface area contributed by atoms with E-state index < -0.39 is 0 Å². The fraction of sp³-hybridized carbons (Fsp3) is 0.278. The molecule has 3 nitrogen and oxygen atoms in total. The smallest absolute Gasteiger partial charge is 0.130 e. The molecule has 112 valence electrons. The van der Waals surface area contributed by atoms with Crippen molar-refractivity contribution in [2.75, 3.05) is 6.54 Å². The van der Waals surface area contributed by atoms with Crippen LogP contribution in [0.3, 0.4) is 0 Å². The third kappa shape index (κ3) is 3.01. The van der Waals surface area contributed by atoms with Crippen molar-refractivity contribution in [3.05, 3.63) is 62.6 Å². The van der Waals surface area contributed by atoms with E-state index >= 15 is 0 Å². The van der Waals surface area contributed by atoms with Gasteiger partial charge in [0.2, 0.25) is 0 Å². The van der Waals surface area contributed by atoms with E-state index in [0.717, 1.165) is 41.7 Å². The number of phenolic OH excluding ortho intramolecular Hbond substituents is 1. The van der Waals surface area contributed by atoms with Crippen LogP contribution >= 0.6 is 15.9 Å². The van der Waals surface area contributed by atoms with Gasteiger partial charge in [0.15, 0.2) is 0 Å². The topological polar surface area (TPSA) is 47.3 Å². The maximum atomic E-state index is 9.77. The molecular weight excluding hydrogens is 340 g/mol. The average Bonchev–Trinajstić information content (AvgIpc) is 2.49. The number of hydrogen-bond donors (Lipinski definition) is 1. The molecule has 4 heteroatoms. The monoisotopic (exact) mass is 356 g/mol. The molecular formula is C18H17BrN2O. The van der Waals surface area contributed by atoms with Gasteiger partial charge in [0.1, 0.15) is 5.75 Å². The fourth-order valence-electron chi connectivity index (χ4n) is 2.97. The van der Waals surface area contributed by atoms with Gasteiger partial charge in [-0.3, -0.25) is 4.90 Å². The minimum absolute atomic E-state index is 0.315. The molecule has 0 spiro atoms. The zero-order valence-electron chi connectivity index (χ0n) is 12.4. The van der Waals surface area contributed by atoms with Crippen LogP contribution in [-0.4, -0.2) is 16.6 Å². The summed E-state index contributed by atoms with van der Waals surface area (Å²) in [5.41, 5.74) is 5.50. The number of benzene rings is 2. The van der Waals surface area contributed by atoms with Gasteiger partial charge >= 0.3 is 0 Å². The van der Waals surface area contributed by atoms with Gasteiger partial charge in [-0.15, -0.1) is 0 Å². The van der Waals surface area contributed by atoms with Crippen molar-refractivity contribution < 1.29 is 5.11 Å². The number of halogens is 1. The highest BCUT2D eigenvalue weighted by Gasteiger charge is 2.18. The number of nitrogens with zero attached hydrogens (tertiary/aromatic N) is 2. The molecule has 0 atom stereocenters. The molecule has 1 N–H and O–H groups in total. The van der Waals surface area contributed by atoms with Crippen molar-refractivity contribution in [1.82, 2.24) is 4.90 Å². The Morgan fingerprint density at radius 1 is 1.27 bits per heavy atom. The van der Waals surface area contributed by atoms with E-state index in [-0.39, 0.29) is 0 Å². The van der Waals surface area contributed by atoms with Gasteiger partial charge in [-0.2, -0.15) is 5.26 Å². The molecule has 0 radical (unpaired) electrons. The number of fused-ring (bicyclic) bond motifs is 1. The highest BCUT2D eigenvalue weighted by Crippen LogP contribution is 2.31. The van der Waals surface area contributed by atoms with Crippen LogP contribution in [0.1, 0.15) is 27.8 Å². The zero-order valence-corrected chi connectivity index (χ0v) is 14.0. The quantitative estimate of drug-likeness (QED) is 0.887. The van der Waals surface area contributed by atoms with Crippen LogP contribution in [0.2, 0.25) is 0 Å². The zero-order chi connectivity index (χ0) is 15.7. The second kappa shape index (κ2) is 6.12. The maximum absolute atomic E-state index is 9.77. The highest BCUT2D eigenvalue weighted by molar-refractivity contribution is 9.10. The number of hydrogen-bond acceptors (Lipinski definition) is 3. The molecule has 0 unspecified atom stereocenters. The minimum atomic E-state index is 0.315. The third-order valence-corrected chi connectivity index (χ3v) is 4.81. The summed E-state index contributed by atoms with van der Waals surface area (Å²) in [5, 5.41) is 18.8. The number of aryl methyl sites for hydroxylation is 1. The van der Waals surface area contributed by atoms with Crippen LogP contribution in [0.5, 0.6) is 5.75 Å². The molecule has 0 bridgehead atoms. The summed E-state index contributed by atoms with van der Waals surface area (Å²) in [6.07, 6.45) is 0.950. The SMILES string of the molecule is Cc1cc(CN2CCc3cc(O)c(Br)cc3C2)ccc1C#N. The van der Waals surface area contributed by atoms with Crippen LogP contribution in [0, 0.1) is 18.3 Å². The molecule has 0 saturated carbocycles. The molecule has 1 heterocycles. The molecule has 2 aromatic carbocycles. The molecule has 2 aromatic rings. The minimum Gasteiger partial charge on any atom is -0.507 e. The molecule has 3 rings (SSSR count). The Labute approximate surface area is 138 Å². The summed E-state index contributed by atoms with van der Waals surface area (Å²) in [6, 6.07) is 12.1. The summed E-state index contributed by atoms with van der Waals surface area (Å²) < 4.78 is 0.752. The molecule has 22 heavy (non-hydrogen) atoms. The van der Waals surface area contributed by atoms with E-state index in [1.54, 1.807) is 0 Å². The van der Waals surface area contributed by atoms with E-state index in [2.05, 4.69) is 33.0 Å². The van der Waals surface area contributed by atoms with Crippen molar-refractivity contribution in [3.8, 4) is 11.8 Å². The van der Waals surface area contributed by atoms with E-state index in [9.17, 15) is 5.11 Å². The van der Waals surface area contributed by atoms with Crippen molar-refractivity contribution in [2.24, 2.45) is 0 Å². The van der Waals surface area contributed by atoms with Gasteiger partial charge in [0.05, 0.1) is 16.1 Å². The summed E-state index contributed by atoms with van der Waals surface area (Å²) in [6.45, 7) is 4.72. The van der Waals surface area contributed by atoms with Crippen LogP contribution in [-0.2, 0) is 19.5 Å². The molecule has 1 aliphatic rings. The van der Waals surface area contributed by atoms with Gasteiger partial charge in [0.25, 0.3) is 0 Å². The van der Waals surface area contributed by atoms with Crippen molar-refractivity contribution in [2.45, 2.75) is 26.4 Å². The van der Waals surface area contributed by atoms with Crippen molar-refractivity contribution in [3.63, 3.8) is 0 Å². The molecule has 1 aliphatic heterocycles. The fourth-order valence-corrected chi connectivity index (χ4v) is 3.36. The van der Waals surface area contributed by atoms with E-state index in [0.29, 0.717) is 5.75 Å². The Balaban J connectivity index is 1.76. The number of phenols is 1. The normalized spacial score (nSPS) is 14.4. The molecule has 0 aromatic heterocycles. The first kappa shape index (κ1) is 15.1. The Hall–Kier alpha value is -1.83. The lowest BCUT2D eigenvalue weighted by atomic mass is 9.98. The lowest BCUT2D eigenvalue weighted by molar-refractivity contribution is 0.245. The van der Waals surface area contributed by atoms with E-state index in [1.807, 2.05) is 31.2 Å². The number of aromatic hydroxyl groups is 1. The second-order valence-corrected chi connectivity index (χ2v) is 6.65. The summed E-state index contributed by atoms with van der Waals surface area (Å²) in [4.78, 5) is 2.40. The van der Waals surface area contributed by atoms with E-state index in [1.165, 1.54) is 16.7 Å². The van der Waals surface area contributed by atoms with Crippen molar-refractivity contribution in [1.29, 1.82) is 5.26 Å². The lowest BCUT2D eigenvalue weighted by Crippen LogP contribution is -2.30. The predicted octanol–water partition coefficient (Wildman–Crippen LogP) is 3.89. The lowest BCUT2D eigenvalue weighted by Gasteiger charge is -2.29. The van der Waals surface area contributed by atoms with Gasteiger partial charge in [-0.1, -0.05) is 12.1 Å². The predicted molar refractivity (Wildman–Crippen MR) is 89.5 cm³/mol. The second-order valence-electron chi connectivity index (χ2n) is 5.79. The number of rotatable bonds is 2. The average molecular weight is 357 g/mol. The van der Waals surface area contributed by atoms with Crippen LogP contribution in [0.4, 0.5) is 0 Å². The van der Waals surface area contributed by atoms with Gasteiger partial charge in [-0.25, -0.2) is 0 Å². The Morgan fingerprint density at radius 3 is 2.82 bits per heavy atom. The number of nitriles is 1. The Morgan fingerprint density at radius 2 is 2.09 bits per heavy atom. The van der Waals surface area contributed by atoms with Crippen LogP contribution in [0.25, 0.3) is 0 Å². The van der Waals surface area contributed by atoms with Crippen LogP contribution < -0.4 is 0 Å². The molecule has 0 aliphatic carbocycles. The van der Waals surface area contributed by atoms with Gasteiger partial charge < -0.3 is 5.11 Å². The summed E-state index contributed by atoms with van der Waals surface area (Å²) >= 11 is 3.39. The van der Waals surface area contributed by atoms with Crippen molar-refractivity contribution >= 4 is 15.9 Å². The Bertz CT molecular complexity index is 764. The van der Waals surface area contributed by atoms with Crippen LogP contribution in [0.15, 0.2) is 34.8 Å². The standard InChI is InChI=1S/C18H17BrN2O/c1-12-6-13(2-3-15(12)9-20)10-21-5-4-14-8-18(22)17(19)7-16(14)11-21/h2-3,6-8,22H,4-5,10-11H2,1H3. The first-order valence-electron chi connectivity index (χ1n) is 7.29. The molecule has 0 fully saturated rings. The maximum Gasteiger partial charge on any atom is 0.130 e. The highest BCUT2D eigenvalue weighted by atomic mass is 79.9. The Kier molecular flexibility index (Phi) is 4.19. The molecule has 0 saturated heterocycles.